The number of allylic oxidation sites excluding steroid dienone is 2. The van der Waals surface area contributed by atoms with Crippen LogP contribution in [0.4, 0.5) is 11.4 Å². The highest BCUT2D eigenvalue weighted by molar-refractivity contribution is 6.34. The molecule has 36 heavy (non-hydrogen) atoms. The number of fused-ring (bicyclic) bond motifs is 6. The van der Waals surface area contributed by atoms with Crippen LogP contribution in [0, 0.1) is 23.7 Å². The van der Waals surface area contributed by atoms with Crippen LogP contribution in [0.2, 0.25) is 0 Å². The Morgan fingerprint density at radius 3 is 1.97 bits per heavy atom. The summed E-state index contributed by atoms with van der Waals surface area (Å²) in [7, 11) is 0. The zero-order valence-electron chi connectivity index (χ0n) is 19.0. The molecule has 7 heteroatoms. The number of hydrogen-bond donors (Lipinski definition) is 0. The van der Waals surface area contributed by atoms with E-state index in [0.29, 0.717) is 28.4 Å². The molecule has 4 atom stereocenters. The smallest absolute Gasteiger partial charge is 0.266 e. The third-order valence-corrected chi connectivity index (χ3v) is 7.65. The van der Waals surface area contributed by atoms with Gasteiger partial charge in [0.2, 0.25) is 11.8 Å². The standard InChI is InChI=1S/C29H20N2O5/c32-26-22-12-11-21(15-23(22)27(33)30(26)18-5-2-1-3-6-18)36-20-8-4-7-19(14-20)31-28(34)24-16-9-10-17(13-16)25(24)29(31)35/h1-12,14-17,24-25H,13H2/t16-,17+,24-,25-/m0/s1. The monoisotopic (exact) mass is 476 g/mol. The topological polar surface area (TPSA) is 84.0 Å². The Morgan fingerprint density at radius 1 is 0.611 bits per heavy atom. The van der Waals surface area contributed by atoms with Gasteiger partial charge in [0.25, 0.3) is 11.8 Å². The maximum absolute atomic E-state index is 13.2. The average molecular weight is 476 g/mol. The highest BCUT2D eigenvalue weighted by Crippen LogP contribution is 2.53. The van der Waals surface area contributed by atoms with Gasteiger partial charge in [0.1, 0.15) is 11.5 Å². The number of benzene rings is 3. The largest absolute Gasteiger partial charge is 0.457 e. The molecule has 0 spiro atoms. The third-order valence-electron chi connectivity index (χ3n) is 7.65. The number of carbonyl (C=O) groups excluding carboxylic acids is 4. The van der Waals surface area contributed by atoms with Crippen LogP contribution in [-0.2, 0) is 9.59 Å². The summed E-state index contributed by atoms with van der Waals surface area (Å²) < 4.78 is 6.00. The molecular weight excluding hydrogens is 456 g/mol. The fourth-order valence-corrected chi connectivity index (χ4v) is 6.07. The Hall–Kier alpha value is -4.52. The lowest BCUT2D eigenvalue weighted by Crippen LogP contribution is -2.32. The van der Waals surface area contributed by atoms with Gasteiger partial charge >= 0.3 is 0 Å². The van der Waals surface area contributed by atoms with E-state index in [0.717, 1.165) is 11.3 Å². The van der Waals surface area contributed by atoms with E-state index in [1.807, 2.05) is 6.07 Å². The molecule has 0 N–H and O–H groups in total. The maximum Gasteiger partial charge on any atom is 0.266 e. The first-order valence-corrected chi connectivity index (χ1v) is 11.9. The van der Waals surface area contributed by atoms with Crippen LogP contribution < -0.4 is 14.5 Å². The number of amides is 4. The van der Waals surface area contributed by atoms with Gasteiger partial charge in [-0.25, -0.2) is 9.80 Å². The second kappa shape index (κ2) is 7.49. The van der Waals surface area contributed by atoms with Gasteiger partial charge in [0.15, 0.2) is 0 Å². The summed E-state index contributed by atoms with van der Waals surface area (Å²) in [6.45, 7) is 0. The zero-order valence-corrected chi connectivity index (χ0v) is 19.0. The van der Waals surface area contributed by atoms with E-state index in [1.54, 1.807) is 66.7 Å². The SMILES string of the molecule is O=C1c2ccc(Oc3cccc(N4C(=O)[C@@H]5[C@@H](C4=O)[C@H]4C=C[C@@H]5C4)c3)cc2C(=O)N1c1ccccc1. The number of carbonyl (C=O) groups is 4. The molecule has 0 radical (unpaired) electrons. The van der Waals surface area contributed by atoms with E-state index in [9.17, 15) is 19.2 Å². The van der Waals surface area contributed by atoms with Crippen molar-refractivity contribution in [3.05, 3.63) is 96.1 Å². The second-order valence-corrected chi connectivity index (χ2v) is 9.60. The summed E-state index contributed by atoms with van der Waals surface area (Å²) in [6, 6.07) is 20.4. The van der Waals surface area contributed by atoms with Crippen molar-refractivity contribution in [1.82, 2.24) is 0 Å². The van der Waals surface area contributed by atoms with Gasteiger partial charge in [-0.2, -0.15) is 0 Å². The number of rotatable bonds is 4. The molecule has 2 aliphatic carbocycles. The molecule has 0 aromatic heterocycles. The molecule has 7 rings (SSSR count). The van der Waals surface area contributed by atoms with Crippen molar-refractivity contribution < 1.29 is 23.9 Å². The van der Waals surface area contributed by atoms with Crippen molar-refractivity contribution in [2.75, 3.05) is 9.80 Å². The minimum absolute atomic E-state index is 0.142. The summed E-state index contributed by atoms with van der Waals surface area (Å²) in [5.74, 6) is -0.564. The lowest BCUT2D eigenvalue weighted by Gasteiger charge is -2.18. The van der Waals surface area contributed by atoms with E-state index in [-0.39, 0.29) is 47.0 Å². The van der Waals surface area contributed by atoms with Crippen molar-refractivity contribution in [2.45, 2.75) is 6.42 Å². The van der Waals surface area contributed by atoms with Crippen molar-refractivity contribution in [1.29, 1.82) is 0 Å². The second-order valence-electron chi connectivity index (χ2n) is 9.60. The van der Waals surface area contributed by atoms with Crippen molar-refractivity contribution >= 4 is 35.0 Å². The molecule has 3 aromatic rings. The number of imide groups is 2. The van der Waals surface area contributed by atoms with E-state index < -0.39 is 5.91 Å². The number of nitrogens with zero attached hydrogens (tertiary/aromatic N) is 2. The molecule has 2 aliphatic heterocycles. The Balaban J connectivity index is 1.15. The van der Waals surface area contributed by atoms with E-state index in [1.165, 1.54) is 4.90 Å². The number of hydrogen-bond acceptors (Lipinski definition) is 5. The normalized spacial score (nSPS) is 25.7. The average Bonchev–Trinajstić information content (AvgIpc) is 3.63. The highest BCUT2D eigenvalue weighted by atomic mass is 16.5. The summed E-state index contributed by atoms with van der Waals surface area (Å²) in [5.41, 5.74) is 1.55. The Morgan fingerprint density at radius 2 is 1.25 bits per heavy atom. The van der Waals surface area contributed by atoms with Crippen LogP contribution in [0.5, 0.6) is 11.5 Å². The van der Waals surface area contributed by atoms with Crippen molar-refractivity contribution in [2.24, 2.45) is 23.7 Å². The molecule has 176 valence electrons. The number of ether oxygens (including phenoxy) is 1. The highest BCUT2D eigenvalue weighted by Gasteiger charge is 2.59. The molecule has 1 saturated heterocycles. The van der Waals surface area contributed by atoms with Crippen LogP contribution in [-0.4, -0.2) is 23.6 Å². The minimum Gasteiger partial charge on any atom is -0.457 e. The summed E-state index contributed by atoms with van der Waals surface area (Å²) >= 11 is 0. The van der Waals surface area contributed by atoms with Gasteiger partial charge < -0.3 is 4.74 Å². The fourth-order valence-electron chi connectivity index (χ4n) is 6.07. The molecule has 3 aromatic carbocycles. The lowest BCUT2D eigenvalue weighted by molar-refractivity contribution is -0.123. The molecule has 2 bridgehead atoms. The molecule has 4 amide bonds. The van der Waals surface area contributed by atoms with E-state index >= 15 is 0 Å². The zero-order chi connectivity index (χ0) is 24.6. The quantitative estimate of drug-likeness (QED) is 0.406. The van der Waals surface area contributed by atoms with Crippen LogP contribution in [0.15, 0.2) is 84.9 Å². The summed E-state index contributed by atoms with van der Waals surface area (Å²) in [6.07, 6.45) is 5.02. The molecule has 4 aliphatic rings. The molecular formula is C29H20N2O5. The van der Waals surface area contributed by atoms with Gasteiger partial charge in [0, 0.05) is 6.07 Å². The maximum atomic E-state index is 13.2. The minimum atomic E-state index is -0.413. The van der Waals surface area contributed by atoms with Crippen molar-refractivity contribution in [3.63, 3.8) is 0 Å². The predicted molar refractivity (Wildman–Crippen MR) is 131 cm³/mol. The van der Waals surface area contributed by atoms with Gasteiger partial charge in [-0.15, -0.1) is 0 Å². The number of anilines is 2. The first-order valence-electron chi connectivity index (χ1n) is 11.9. The predicted octanol–water partition coefficient (Wildman–Crippen LogP) is 4.59. The molecule has 2 fully saturated rings. The van der Waals surface area contributed by atoms with Crippen LogP contribution in [0.1, 0.15) is 27.1 Å². The number of para-hydroxylation sites is 1. The van der Waals surface area contributed by atoms with Crippen LogP contribution in [0.3, 0.4) is 0 Å². The Kier molecular flexibility index (Phi) is 4.33. The van der Waals surface area contributed by atoms with Gasteiger partial charge in [-0.05, 0) is 60.7 Å². The van der Waals surface area contributed by atoms with Gasteiger partial charge in [0.05, 0.1) is 34.3 Å². The Labute approximate surface area is 206 Å². The third kappa shape index (κ3) is 2.86. The van der Waals surface area contributed by atoms with Gasteiger partial charge in [-0.3, -0.25) is 19.2 Å². The first-order chi connectivity index (χ1) is 17.5. The van der Waals surface area contributed by atoms with E-state index in [2.05, 4.69) is 12.2 Å². The van der Waals surface area contributed by atoms with Gasteiger partial charge in [-0.1, -0.05) is 36.4 Å². The first kappa shape index (κ1) is 20.8. The summed E-state index contributed by atoms with van der Waals surface area (Å²) in [5, 5.41) is 0. The van der Waals surface area contributed by atoms with Crippen molar-refractivity contribution in [3.8, 4) is 11.5 Å². The molecule has 1 saturated carbocycles. The fraction of sp³-hybridized carbons (Fsp3) is 0.172. The molecule has 7 nitrogen and oxygen atoms in total. The van der Waals surface area contributed by atoms with Crippen LogP contribution >= 0.6 is 0 Å². The molecule has 0 unspecified atom stereocenters. The van der Waals surface area contributed by atoms with E-state index in [4.69, 9.17) is 4.74 Å². The summed E-state index contributed by atoms with van der Waals surface area (Å²) in [4.78, 5) is 54.6. The van der Waals surface area contributed by atoms with Crippen LogP contribution in [0.25, 0.3) is 0 Å². The molecule has 2 heterocycles. The lowest BCUT2D eigenvalue weighted by atomic mass is 9.85. The Bertz CT molecular complexity index is 1480.